The molecule has 0 saturated heterocycles. The van der Waals surface area contributed by atoms with E-state index in [1.807, 2.05) is 0 Å². The number of rotatable bonds is 12. The summed E-state index contributed by atoms with van der Waals surface area (Å²) in [4.78, 5) is 39.5. The van der Waals surface area contributed by atoms with E-state index >= 15 is 0 Å². The van der Waals surface area contributed by atoms with E-state index in [9.17, 15) is 22.8 Å². The van der Waals surface area contributed by atoms with Crippen molar-refractivity contribution < 1.29 is 37.5 Å². The summed E-state index contributed by atoms with van der Waals surface area (Å²) < 4.78 is 35.1. The number of ether oxygens (including phenoxy) is 1. The van der Waals surface area contributed by atoms with Crippen molar-refractivity contribution in [3.8, 4) is 11.5 Å². The number of hydrogen-bond donors (Lipinski definition) is 3. The lowest BCUT2D eigenvalue weighted by atomic mass is 10.0. The molecule has 0 fully saturated rings. The summed E-state index contributed by atoms with van der Waals surface area (Å²) in [6.45, 7) is 0.412. The Bertz CT molecular complexity index is 1450. The van der Waals surface area contributed by atoms with E-state index in [2.05, 4.69) is 10.8 Å². The third-order valence-corrected chi connectivity index (χ3v) is 8.17. The highest BCUT2D eigenvalue weighted by molar-refractivity contribution is 7.89. The third-order valence-electron chi connectivity index (χ3n) is 6.31. The fourth-order valence-electron chi connectivity index (χ4n) is 4.50. The maximum absolute atomic E-state index is 13.4. The largest absolute Gasteiger partial charge is 0.497 e. The first-order chi connectivity index (χ1) is 18.2. The fourth-order valence-corrected chi connectivity index (χ4v) is 5.91. The Morgan fingerprint density at radius 2 is 1.87 bits per heavy atom. The van der Waals surface area contributed by atoms with Crippen LogP contribution in [-0.2, 0) is 43.9 Å². The molecule has 38 heavy (non-hydrogen) atoms. The molecule has 0 saturated carbocycles. The lowest BCUT2D eigenvalue weighted by Gasteiger charge is -2.28. The molecule has 1 aromatic heterocycles. The monoisotopic (exact) mass is 544 g/mol. The van der Waals surface area contributed by atoms with Gasteiger partial charge in [-0.25, -0.2) is 8.42 Å². The van der Waals surface area contributed by atoms with Crippen LogP contribution in [0.5, 0.6) is 11.5 Å². The number of carbonyl (C=O) groups is 3. The maximum atomic E-state index is 13.4. The molecular formula is C25H28N4O8S. The third kappa shape index (κ3) is 5.73. The average Bonchev–Trinajstić information content (AvgIpc) is 3.21. The van der Waals surface area contributed by atoms with E-state index in [1.165, 1.54) is 23.5 Å². The zero-order valence-corrected chi connectivity index (χ0v) is 21.5. The van der Waals surface area contributed by atoms with Crippen molar-refractivity contribution in [2.45, 2.75) is 37.2 Å². The Kier molecular flexibility index (Phi) is 8.17. The van der Waals surface area contributed by atoms with Gasteiger partial charge in [0.25, 0.3) is 0 Å². The Labute approximate surface area is 219 Å². The number of amides is 2. The van der Waals surface area contributed by atoms with Gasteiger partial charge in [0.15, 0.2) is 5.75 Å². The van der Waals surface area contributed by atoms with Crippen molar-refractivity contribution in [2.75, 3.05) is 20.2 Å². The maximum Gasteiger partial charge on any atom is 0.303 e. The number of carbonyl (C=O) groups excluding carboxylic acids is 2. The van der Waals surface area contributed by atoms with Crippen molar-refractivity contribution in [1.29, 1.82) is 0 Å². The van der Waals surface area contributed by atoms with Crippen LogP contribution in [0.2, 0.25) is 0 Å². The second-order valence-electron chi connectivity index (χ2n) is 8.64. The van der Waals surface area contributed by atoms with Crippen LogP contribution in [0, 0.1) is 0 Å². The van der Waals surface area contributed by atoms with Gasteiger partial charge in [0, 0.05) is 36.1 Å². The lowest BCUT2D eigenvalue weighted by Crippen LogP contribution is -2.37. The van der Waals surface area contributed by atoms with Gasteiger partial charge in [-0.3, -0.25) is 14.4 Å². The topological polar surface area (TPSA) is 156 Å². The predicted octanol–water partition coefficient (Wildman–Crippen LogP) is 1.42. The Balaban J connectivity index is 1.66. The number of nitrogens with one attached hydrogen (secondary N) is 2. The van der Waals surface area contributed by atoms with Crippen LogP contribution < -0.4 is 20.4 Å². The zero-order chi connectivity index (χ0) is 27.3. The Morgan fingerprint density at radius 3 is 2.55 bits per heavy atom. The number of aliphatic carboxylic acids is 1. The minimum atomic E-state index is -3.82. The molecule has 2 amide bonds. The molecule has 2 heterocycles. The molecule has 1 aliphatic rings. The summed E-state index contributed by atoms with van der Waals surface area (Å²) in [6.07, 6.45) is 1.04. The van der Waals surface area contributed by atoms with E-state index < -0.39 is 16.0 Å². The summed E-state index contributed by atoms with van der Waals surface area (Å²) in [5, 5.41) is 12.3. The standard InChI is InChI=1S/C25H28N4O8S/c1-36-17-4-7-19(8-5-17)38(34,35)28-12-10-20-21-13-18(37-27-16-30)6-9-22(21)29(23(20)14-28)15-24(31)26-11-2-3-25(32)33/h4-9,13,16H,2-3,10-12,14-15H2,1H3,(H,26,31)(H,27,30)(H,32,33). The first-order valence-electron chi connectivity index (χ1n) is 11.9. The number of aromatic nitrogens is 1. The van der Waals surface area contributed by atoms with Crippen LogP contribution in [0.1, 0.15) is 24.1 Å². The van der Waals surface area contributed by atoms with E-state index in [1.54, 1.807) is 34.9 Å². The summed E-state index contributed by atoms with van der Waals surface area (Å²) >= 11 is 0. The van der Waals surface area contributed by atoms with Crippen LogP contribution in [0.3, 0.4) is 0 Å². The first kappa shape index (κ1) is 26.9. The second kappa shape index (κ2) is 11.5. The number of nitrogens with zero attached hydrogens (tertiary/aromatic N) is 2. The minimum absolute atomic E-state index is 0.0491. The summed E-state index contributed by atoms with van der Waals surface area (Å²) in [5.41, 5.74) is 4.41. The summed E-state index contributed by atoms with van der Waals surface area (Å²) in [7, 11) is -2.32. The highest BCUT2D eigenvalue weighted by atomic mass is 32.2. The molecule has 2 aromatic carbocycles. The summed E-state index contributed by atoms with van der Waals surface area (Å²) in [5.74, 6) is -0.337. The molecule has 0 atom stereocenters. The van der Waals surface area contributed by atoms with Gasteiger partial charge in [0.1, 0.15) is 12.3 Å². The second-order valence-corrected chi connectivity index (χ2v) is 10.6. The highest BCUT2D eigenvalue weighted by Gasteiger charge is 2.32. The summed E-state index contributed by atoms with van der Waals surface area (Å²) in [6, 6.07) is 11.3. The molecule has 12 nitrogen and oxygen atoms in total. The Morgan fingerprint density at radius 1 is 1.13 bits per heavy atom. The molecule has 202 valence electrons. The average molecular weight is 545 g/mol. The van der Waals surface area contributed by atoms with Gasteiger partial charge in [0.05, 0.1) is 18.6 Å². The van der Waals surface area contributed by atoms with Gasteiger partial charge >= 0.3 is 5.97 Å². The first-order valence-corrected chi connectivity index (χ1v) is 13.3. The molecule has 0 aliphatic carbocycles. The van der Waals surface area contributed by atoms with Crippen LogP contribution >= 0.6 is 0 Å². The van der Waals surface area contributed by atoms with E-state index in [0.29, 0.717) is 42.0 Å². The molecule has 0 bridgehead atoms. The number of benzene rings is 2. The normalized spacial score (nSPS) is 13.5. The quantitative estimate of drug-likeness (QED) is 0.176. The number of hydroxylamine groups is 1. The molecule has 3 N–H and O–H groups in total. The Hall–Kier alpha value is -4.10. The van der Waals surface area contributed by atoms with Crippen LogP contribution in [-0.4, -0.2) is 60.9 Å². The van der Waals surface area contributed by atoms with Gasteiger partial charge in [-0.05, 0) is 60.9 Å². The zero-order valence-electron chi connectivity index (χ0n) is 20.7. The molecule has 4 rings (SSSR count). The van der Waals surface area contributed by atoms with Crippen molar-refractivity contribution in [1.82, 2.24) is 19.7 Å². The van der Waals surface area contributed by atoms with Gasteiger partial charge in [-0.1, -0.05) is 0 Å². The van der Waals surface area contributed by atoms with E-state index in [0.717, 1.165) is 10.9 Å². The van der Waals surface area contributed by atoms with E-state index in [-0.39, 0.29) is 43.4 Å². The molecule has 3 aromatic rings. The number of methoxy groups -OCH3 is 1. The van der Waals surface area contributed by atoms with Gasteiger partial charge in [-0.2, -0.15) is 9.79 Å². The number of carboxylic acids is 1. The minimum Gasteiger partial charge on any atom is -0.497 e. The van der Waals surface area contributed by atoms with Crippen molar-refractivity contribution in [3.05, 3.63) is 53.7 Å². The van der Waals surface area contributed by atoms with Crippen molar-refractivity contribution in [3.63, 3.8) is 0 Å². The number of carboxylic acid groups (broad SMARTS) is 1. The highest BCUT2D eigenvalue weighted by Crippen LogP contribution is 2.35. The predicted molar refractivity (Wildman–Crippen MR) is 136 cm³/mol. The molecule has 0 spiro atoms. The van der Waals surface area contributed by atoms with Gasteiger partial charge in [0.2, 0.25) is 22.3 Å². The van der Waals surface area contributed by atoms with Crippen molar-refractivity contribution >= 4 is 39.2 Å². The van der Waals surface area contributed by atoms with E-state index in [4.69, 9.17) is 14.7 Å². The lowest BCUT2D eigenvalue weighted by molar-refractivity contribution is -0.137. The molecule has 0 unspecified atom stereocenters. The van der Waals surface area contributed by atoms with Crippen LogP contribution in [0.25, 0.3) is 10.9 Å². The fraction of sp³-hybridized carbons (Fsp3) is 0.320. The molecule has 13 heteroatoms. The molecule has 0 radical (unpaired) electrons. The van der Waals surface area contributed by atoms with Crippen LogP contribution in [0.4, 0.5) is 0 Å². The smallest absolute Gasteiger partial charge is 0.303 e. The van der Waals surface area contributed by atoms with Crippen LogP contribution in [0.15, 0.2) is 47.4 Å². The van der Waals surface area contributed by atoms with Gasteiger partial charge < -0.3 is 24.6 Å². The SMILES string of the molecule is COc1ccc(S(=O)(=O)N2CCc3c(n(CC(=O)NCCCC(=O)O)c4ccc(ONC=O)cc34)C2)cc1. The number of fused-ring (bicyclic) bond motifs is 3. The number of sulfonamides is 1. The molecule has 1 aliphatic heterocycles. The molecular weight excluding hydrogens is 516 g/mol. The van der Waals surface area contributed by atoms with Crippen molar-refractivity contribution in [2.24, 2.45) is 0 Å². The van der Waals surface area contributed by atoms with Gasteiger partial charge in [-0.15, -0.1) is 0 Å². The number of hydrogen-bond acceptors (Lipinski definition) is 7.